The Balaban J connectivity index is 1.88. The maximum Gasteiger partial charge on any atom is 0.106 e. The van der Waals surface area contributed by atoms with Crippen molar-refractivity contribution in [3.05, 3.63) is 24.0 Å². The van der Waals surface area contributed by atoms with Crippen LogP contribution in [0.1, 0.15) is 34.1 Å². The van der Waals surface area contributed by atoms with Gasteiger partial charge < -0.3 is 9.47 Å². The topological polar surface area (TPSA) is 18.5 Å². The molecule has 2 aliphatic rings. The minimum atomic E-state index is 0.303. The zero-order valence-electron chi connectivity index (χ0n) is 11.3. The number of rotatable bonds is 4. The molecule has 0 spiro atoms. The Morgan fingerprint density at radius 1 is 1.35 bits per heavy atom. The smallest absolute Gasteiger partial charge is 0.106 e. The molecular weight excluding hydrogens is 212 g/mol. The van der Waals surface area contributed by atoms with E-state index in [2.05, 4.69) is 39.8 Å². The lowest BCUT2D eigenvalue weighted by Crippen LogP contribution is -2.26. The predicted octanol–water partition coefficient (Wildman–Crippen LogP) is 3.54. The van der Waals surface area contributed by atoms with Crippen molar-refractivity contribution >= 4 is 0 Å². The van der Waals surface area contributed by atoms with Crippen molar-refractivity contribution in [2.24, 2.45) is 17.8 Å². The van der Waals surface area contributed by atoms with Crippen molar-refractivity contribution in [2.45, 2.75) is 46.3 Å². The van der Waals surface area contributed by atoms with E-state index in [0.717, 1.165) is 6.61 Å². The predicted molar refractivity (Wildman–Crippen MR) is 69.6 cm³/mol. The van der Waals surface area contributed by atoms with Gasteiger partial charge in [0.1, 0.15) is 6.10 Å². The Morgan fingerprint density at radius 2 is 2.12 bits per heavy atom. The largest absolute Gasteiger partial charge is 0.497 e. The summed E-state index contributed by atoms with van der Waals surface area (Å²) in [5, 5.41) is 0. The second-order valence-corrected chi connectivity index (χ2v) is 5.58. The summed E-state index contributed by atoms with van der Waals surface area (Å²) in [5.74, 6) is 1.73. The molecule has 2 heterocycles. The molecule has 96 valence electrons. The maximum atomic E-state index is 5.69. The molecule has 0 saturated heterocycles. The third-order valence-corrected chi connectivity index (χ3v) is 4.13. The Bertz CT molecular complexity index is 319. The highest BCUT2D eigenvalue weighted by molar-refractivity contribution is 5.15. The average Bonchev–Trinajstić information content (AvgIpc) is 2.86. The van der Waals surface area contributed by atoms with E-state index in [1.54, 1.807) is 0 Å². The molecule has 0 aromatic heterocycles. The average molecular weight is 236 g/mol. The lowest BCUT2D eigenvalue weighted by molar-refractivity contribution is 0.0762. The standard InChI is InChI=1S/C15H24O2/c1-10-5-7-17-15(10)12(3)9-11(2)14-6-8-16-13(14)4/h5-7,10-13,15H,8-9H2,1-4H3. The van der Waals surface area contributed by atoms with Crippen molar-refractivity contribution in [2.75, 3.05) is 6.61 Å². The van der Waals surface area contributed by atoms with Crippen LogP contribution in [0.4, 0.5) is 0 Å². The molecular formula is C15H24O2. The SMILES string of the molecule is CC(CC(C)C1OC=CC1C)C1=CCOC1C. The molecule has 2 rings (SSSR count). The van der Waals surface area contributed by atoms with Gasteiger partial charge in [0.2, 0.25) is 0 Å². The van der Waals surface area contributed by atoms with E-state index in [1.807, 2.05) is 6.26 Å². The third-order valence-electron chi connectivity index (χ3n) is 4.13. The molecule has 0 bridgehead atoms. The summed E-state index contributed by atoms with van der Waals surface area (Å²) in [6.45, 7) is 9.77. The van der Waals surface area contributed by atoms with Crippen LogP contribution in [0.5, 0.6) is 0 Å². The molecule has 2 heteroatoms. The zero-order chi connectivity index (χ0) is 12.4. The van der Waals surface area contributed by atoms with Gasteiger partial charge in [0.05, 0.1) is 19.0 Å². The number of hydrogen-bond donors (Lipinski definition) is 0. The van der Waals surface area contributed by atoms with Crippen LogP contribution in [0.25, 0.3) is 0 Å². The number of hydrogen-bond acceptors (Lipinski definition) is 2. The summed E-state index contributed by atoms with van der Waals surface area (Å²) >= 11 is 0. The van der Waals surface area contributed by atoms with Crippen LogP contribution < -0.4 is 0 Å². The highest BCUT2D eigenvalue weighted by Gasteiger charge is 2.29. The van der Waals surface area contributed by atoms with Crippen LogP contribution in [-0.2, 0) is 9.47 Å². The first-order valence-corrected chi connectivity index (χ1v) is 6.73. The Morgan fingerprint density at radius 3 is 2.65 bits per heavy atom. The summed E-state index contributed by atoms with van der Waals surface area (Å²) in [4.78, 5) is 0. The minimum Gasteiger partial charge on any atom is -0.497 e. The summed E-state index contributed by atoms with van der Waals surface area (Å²) < 4.78 is 11.3. The molecule has 0 fully saturated rings. The van der Waals surface area contributed by atoms with E-state index in [0.29, 0.717) is 30.0 Å². The Hall–Kier alpha value is -0.760. The summed E-state index contributed by atoms with van der Waals surface area (Å²) in [5.41, 5.74) is 1.47. The summed E-state index contributed by atoms with van der Waals surface area (Å²) in [6, 6.07) is 0. The molecule has 5 unspecified atom stereocenters. The normalized spacial score (nSPS) is 35.5. The minimum absolute atomic E-state index is 0.303. The second kappa shape index (κ2) is 5.26. The molecule has 0 radical (unpaired) electrons. The first-order valence-electron chi connectivity index (χ1n) is 6.73. The van der Waals surface area contributed by atoms with Crippen LogP contribution in [0.3, 0.4) is 0 Å². The fourth-order valence-electron chi connectivity index (χ4n) is 3.13. The molecule has 17 heavy (non-hydrogen) atoms. The van der Waals surface area contributed by atoms with Gasteiger partial charge in [-0.2, -0.15) is 0 Å². The molecule has 5 atom stereocenters. The van der Waals surface area contributed by atoms with Gasteiger partial charge in [-0.15, -0.1) is 0 Å². The molecule has 0 amide bonds. The van der Waals surface area contributed by atoms with E-state index < -0.39 is 0 Å². The summed E-state index contributed by atoms with van der Waals surface area (Å²) in [7, 11) is 0. The molecule has 0 N–H and O–H groups in total. The molecule has 0 saturated carbocycles. The van der Waals surface area contributed by atoms with Crippen LogP contribution in [0, 0.1) is 17.8 Å². The molecule has 2 aliphatic heterocycles. The second-order valence-electron chi connectivity index (χ2n) is 5.58. The maximum absolute atomic E-state index is 5.69. The van der Waals surface area contributed by atoms with Crippen molar-refractivity contribution in [3.8, 4) is 0 Å². The van der Waals surface area contributed by atoms with Crippen molar-refractivity contribution in [1.29, 1.82) is 0 Å². The zero-order valence-corrected chi connectivity index (χ0v) is 11.3. The van der Waals surface area contributed by atoms with E-state index in [1.165, 1.54) is 12.0 Å². The Kier molecular flexibility index (Phi) is 3.93. The van der Waals surface area contributed by atoms with Crippen molar-refractivity contribution in [3.63, 3.8) is 0 Å². The lowest BCUT2D eigenvalue weighted by Gasteiger charge is -2.27. The van der Waals surface area contributed by atoms with Gasteiger partial charge in [0.15, 0.2) is 0 Å². The number of ether oxygens (including phenoxy) is 2. The van der Waals surface area contributed by atoms with Gasteiger partial charge in [0, 0.05) is 5.92 Å². The highest BCUT2D eigenvalue weighted by Crippen LogP contribution is 2.32. The molecule has 0 aromatic carbocycles. The van der Waals surface area contributed by atoms with Crippen LogP contribution in [-0.4, -0.2) is 18.8 Å². The van der Waals surface area contributed by atoms with Gasteiger partial charge >= 0.3 is 0 Å². The molecule has 2 nitrogen and oxygen atoms in total. The highest BCUT2D eigenvalue weighted by atomic mass is 16.5. The van der Waals surface area contributed by atoms with Gasteiger partial charge in [0.25, 0.3) is 0 Å². The Labute approximate surface area is 105 Å². The van der Waals surface area contributed by atoms with Gasteiger partial charge in [-0.05, 0) is 36.8 Å². The molecule has 0 aromatic rings. The summed E-state index contributed by atoms with van der Waals surface area (Å²) in [6.07, 6.45) is 8.10. The lowest BCUT2D eigenvalue weighted by atomic mass is 9.83. The van der Waals surface area contributed by atoms with Gasteiger partial charge in [-0.1, -0.05) is 26.8 Å². The van der Waals surface area contributed by atoms with E-state index in [9.17, 15) is 0 Å². The van der Waals surface area contributed by atoms with E-state index in [-0.39, 0.29) is 0 Å². The fraction of sp³-hybridized carbons (Fsp3) is 0.733. The van der Waals surface area contributed by atoms with E-state index in [4.69, 9.17) is 9.47 Å². The first-order chi connectivity index (χ1) is 8.09. The fourth-order valence-corrected chi connectivity index (χ4v) is 3.13. The van der Waals surface area contributed by atoms with Crippen LogP contribution >= 0.6 is 0 Å². The van der Waals surface area contributed by atoms with Crippen molar-refractivity contribution in [1.82, 2.24) is 0 Å². The van der Waals surface area contributed by atoms with Crippen LogP contribution in [0.2, 0.25) is 0 Å². The van der Waals surface area contributed by atoms with Crippen molar-refractivity contribution < 1.29 is 9.47 Å². The van der Waals surface area contributed by atoms with Gasteiger partial charge in [-0.25, -0.2) is 0 Å². The molecule has 0 aliphatic carbocycles. The first kappa shape index (κ1) is 12.7. The third kappa shape index (κ3) is 2.74. The monoisotopic (exact) mass is 236 g/mol. The quantitative estimate of drug-likeness (QED) is 0.695. The van der Waals surface area contributed by atoms with Crippen LogP contribution in [0.15, 0.2) is 24.0 Å². The van der Waals surface area contributed by atoms with E-state index >= 15 is 0 Å². The van der Waals surface area contributed by atoms with Gasteiger partial charge in [-0.3, -0.25) is 0 Å².